The molecule has 0 fully saturated rings. The van der Waals surface area contributed by atoms with Gasteiger partial charge in [0.05, 0.1) is 6.61 Å². The fourth-order valence-corrected chi connectivity index (χ4v) is 1.78. The molecule has 3 N–H and O–H groups in total. The smallest absolute Gasteiger partial charge is 0.116 e. The minimum absolute atomic E-state index is 0.151. The third kappa shape index (κ3) is 1.47. The Bertz CT molecular complexity index is 312. The highest BCUT2D eigenvalue weighted by Gasteiger charge is 2.19. The van der Waals surface area contributed by atoms with Crippen LogP contribution in [0, 0.1) is 0 Å². The number of phenols is 1. The van der Waals surface area contributed by atoms with Crippen LogP contribution in [0.15, 0.2) is 18.2 Å². The molecular formula is C10H13NO2. The Kier molecular flexibility index (Phi) is 2.10. The van der Waals surface area contributed by atoms with Crippen LogP contribution in [0.3, 0.4) is 0 Å². The van der Waals surface area contributed by atoms with Crippen LogP contribution in [-0.4, -0.2) is 23.4 Å². The Morgan fingerprint density at radius 3 is 3.08 bits per heavy atom. The van der Waals surface area contributed by atoms with E-state index < -0.39 is 0 Å². The maximum absolute atomic E-state index is 9.29. The van der Waals surface area contributed by atoms with E-state index in [0.29, 0.717) is 0 Å². The first-order valence-corrected chi connectivity index (χ1v) is 4.49. The van der Waals surface area contributed by atoms with E-state index in [-0.39, 0.29) is 18.3 Å². The summed E-state index contributed by atoms with van der Waals surface area (Å²) in [6.45, 7) is 1.04. The van der Waals surface area contributed by atoms with Gasteiger partial charge in [0.2, 0.25) is 0 Å². The molecule has 2 rings (SSSR count). The molecule has 3 heteroatoms. The zero-order chi connectivity index (χ0) is 9.26. The summed E-state index contributed by atoms with van der Waals surface area (Å²) in [5.41, 5.74) is 2.05. The van der Waals surface area contributed by atoms with Gasteiger partial charge in [0.25, 0.3) is 0 Å². The second-order valence-electron chi connectivity index (χ2n) is 3.37. The van der Waals surface area contributed by atoms with Crippen molar-refractivity contribution < 1.29 is 10.2 Å². The molecule has 1 aliphatic rings. The molecule has 0 saturated heterocycles. The predicted octanol–water partition coefficient (Wildman–Crippen LogP) is 1.28. The summed E-state index contributed by atoms with van der Waals surface area (Å²) in [6.07, 6.45) is 0.924. The number of nitrogens with one attached hydrogen (secondary N) is 1. The van der Waals surface area contributed by atoms with Crippen molar-refractivity contribution in [3.8, 4) is 5.75 Å². The van der Waals surface area contributed by atoms with Crippen molar-refractivity contribution >= 4 is 5.69 Å². The van der Waals surface area contributed by atoms with Gasteiger partial charge < -0.3 is 15.5 Å². The maximum Gasteiger partial charge on any atom is 0.116 e. The summed E-state index contributed by atoms with van der Waals surface area (Å²) in [5, 5.41) is 21.6. The fraction of sp³-hybridized carbons (Fsp3) is 0.400. The second-order valence-corrected chi connectivity index (χ2v) is 3.37. The molecule has 0 amide bonds. The fourth-order valence-electron chi connectivity index (χ4n) is 1.78. The van der Waals surface area contributed by atoms with Crippen molar-refractivity contribution in [2.45, 2.75) is 12.3 Å². The topological polar surface area (TPSA) is 52.5 Å². The molecule has 1 aromatic rings. The third-order valence-corrected chi connectivity index (χ3v) is 2.50. The van der Waals surface area contributed by atoms with Crippen molar-refractivity contribution in [1.29, 1.82) is 0 Å². The highest BCUT2D eigenvalue weighted by Crippen LogP contribution is 2.33. The van der Waals surface area contributed by atoms with Gasteiger partial charge in [0.1, 0.15) is 5.75 Å². The Labute approximate surface area is 77.0 Å². The van der Waals surface area contributed by atoms with Gasteiger partial charge in [-0.3, -0.25) is 0 Å². The molecule has 1 atom stereocenters. The second kappa shape index (κ2) is 3.26. The van der Waals surface area contributed by atoms with Gasteiger partial charge in [-0.15, -0.1) is 0 Å². The number of aliphatic hydroxyl groups is 1. The van der Waals surface area contributed by atoms with Gasteiger partial charge in [-0.1, -0.05) is 0 Å². The average Bonchev–Trinajstić information content (AvgIpc) is 2.17. The summed E-state index contributed by atoms with van der Waals surface area (Å²) < 4.78 is 0. The number of hydrogen-bond acceptors (Lipinski definition) is 3. The number of anilines is 1. The van der Waals surface area contributed by atoms with Gasteiger partial charge in [-0.2, -0.15) is 0 Å². The van der Waals surface area contributed by atoms with Crippen molar-refractivity contribution in [2.75, 3.05) is 18.5 Å². The molecule has 0 bridgehead atoms. The van der Waals surface area contributed by atoms with E-state index in [1.165, 1.54) is 0 Å². The lowest BCUT2D eigenvalue weighted by Gasteiger charge is -2.25. The Hall–Kier alpha value is -1.22. The Balaban J connectivity index is 2.41. The number of benzene rings is 1. The van der Waals surface area contributed by atoms with Crippen LogP contribution >= 0.6 is 0 Å². The molecule has 3 nitrogen and oxygen atoms in total. The lowest BCUT2D eigenvalue weighted by molar-refractivity contribution is 0.259. The van der Waals surface area contributed by atoms with Gasteiger partial charge in [-0.05, 0) is 30.2 Å². The molecular weight excluding hydrogens is 166 g/mol. The summed E-state index contributed by atoms with van der Waals surface area (Å²) in [4.78, 5) is 0. The molecule has 1 unspecified atom stereocenters. The number of rotatable bonds is 1. The van der Waals surface area contributed by atoms with Crippen molar-refractivity contribution in [2.24, 2.45) is 0 Å². The largest absolute Gasteiger partial charge is 0.508 e. The molecule has 1 heterocycles. The van der Waals surface area contributed by atoms with Crippen LogP contribution in [-0.2, 0) is 0 Å². The first-order chi connectivity index (χ1) is 6.31. The zero-order valence-corrected chi connectivity index (χ0v) is 7.33. The first-order valence-electron chi connectivity index (χ1n) is 4.49. The van der Waals surface area contributed by atoms with Crippen LogP contribution < -0.4 is 5.32 Å². The lowest BCUT2D eigenvalue weighted by atomic mass is 9.91. The molecule has 0 aromatic heterocycles. The molecule has 13 heavy (non-hydrogen) atoms. The monoisotopic (exact) mass is 179 g/mol. The predicted molar refractivity (Wildman–Crippen MR) is 51.0 cm³/mol. The molecule has 0 spiro atoms. The quantitative estimate of drug-likeness (QED) is 0.569. The molecule has 0 aliphatic carbocycles. The standard InChI is InChI=1S/C10H13NO2/c12-6-7-3-4-11-10-2-1-8(13)5-9(7)10/h1-2,5,7,11-13H,3-4,6H2. The molecule has 0 radical (unpaired) electrons. The van der Waals surface area contributed by atoms with Gasteiger partial charge in [-0.25, -0.2) is 0 Å². The van der Waals surface area contributed by atoms with Gasteiger partial charge >= 0.3 is 0 Å². The molecule has 1 aromatic carbocycles. The van der Waals surface area contributed by atoms with E-state index in [9.17, 15) is 5.11 Å². The van der Waals surface area contributed by atoms with E-state index in [4.69, 9.17) is 5.11 Å². The van der Waals surface area contributed by atoms with E-state index in [2.05, 4.69) is 5.32 Å². The lowest BCUT2D eigenvalue weighted by Crippen LogP contribution is -2.18. The van der Waals surface area contributed by atoms with Gasteiger partial charge in [0.15, 0.2) is 0 Å². The highest BCUT2D eigenvalue weighted by atomic mass is 16.3. The Morgan fingerprint density at radius 2 is 2.31 bits per heavy atom. The van der Waals surface area contributed by atoms with Crippen LogP contribution in [0.2, 0.25) is 0 Å². The van der Waals surface area contributed by atoms with Gasteiger partial charge in [0, 0.05) is 18.2 Å². The summed E-state index contributed by atoms with van der Waals surface area (Å²) in [7, 11) is 0. The number of aliphatic hydroxyl groups excluding tert-OH is 1. The number of hydrogen-bond donors (Lipinski definition) is 3. The number of fused-ring (bicyclic) bond motifs is 1. The number of aromatic hydroxyl groups is 1. The maximum atomic E-state index is 9.29. The van der Waals surface area contributed by atoms with E-state index >= 15 is 0 Å². The van der Waals surface area contributed by atoms with Crippen LogP contribution in [0.1, 0.15) is 17.9 Å². The van der Waals surface area contributed by atoms with Crippen LogP contribution in [0.5, 0.6) is 5.75 Å². The molecule has 1 aliphatic heterocycles. The normalized spacial score (nSPS) is 20.5. The van der Waals surface area contributed by atoms with Crippen molar-refractivity contribution in [3.63, 3.8) is 0 Å². The number of phenolic OH excluding ortho intramolecular Hbond substituents is 1. The summed E-state index contributed by atoms with van der Waals surface area (Å²) >= 11 is 0. The summed E-state index contributed by atoms with van der Waals surface area (Å²) in [5.74, 6) is 0.434. The minimum Gasteiger partial charge on any atom is -0.508 e. The van der Waals surface area contributed by atoms with E-state index in [1.54, 1.807) is 12.1 Å². The van der Waals surface area contributed by atoms with E-state index in [0.717, 1.165) is 24.2 Å². The van der Waals surface area contributed by atoms with Crippen molar-refractivity contribution in [3.05, 3.63) is 23.8 Å². The highest BCUT2D eigenvalue weighted by molar-refractivity contribution is 5.57. The first kappa shape index (κ1) is 8.38. The van der Waals surface area contributed by atoms with Crippen LogP contribution in [0.25, 0.3) is 0 Å². The SMILES string of the molecule is OCC1CCNc2ccc(O)cc21. The van der Waals surface area contributed by atoms with Crippen LogP contribution in [0.4, 0.5) is 5.69 Å². The molecule has 0 saturated carbocycles. The third-order valence-electron chi connectivity index (χ3n) is 2.50. The summed E-state index contributed by atoms with van der Waals surface area (Å²) in [6, 6.07) is 5.24. The van der Waals surface area contributed by atoms with Crippen molar-refractivity contribution in [1.82, 2.24) is 0 Å². The molecule has 70 valence electrons. The minimum atomic E-state index is 0.151. The van der Waals surface area contributed by atoms with E-state index in [1.807, 2.05) is 6.07 Å². The average molecular weight is 179 g/mol. The Morgan fingerprint density at radius 1 is 1.46 bits per heavy atom. The zero-order valence-electron chi connectivity index (χ0n) is 7.33.